The summed E-state index contributed by atoms with van der Waals surface area (Å²) < 4.78 is 28.9. The third-order valence-electron chi connectivity index (χ3n) is 6.16. The Bertz CT molecular complexity index is 776. The van der Waals surface area contributed by atoms with Gasteiger partial charge in [0.05, 0.1) is 18.1 Å². The van der Waals surface area contributed by atoms with Crippen LogP contribution in [0.5, 0.6) is 0 Å². The van der Waals surface area contributed by atoms with Crippen LogP contribution in [-0.2, 0) is 21.2 Å². The molecule has 1 aliphatic heterocycles. The number of benzene rings is 1. The molecule has 2 aliphatic rings. The van der Waals surface area contributed by atoms with Crippen LogP contribution >= 0.6 is 0 Å². The Labute approximate surface area is 167 Å². The first-order valence-corrected chi connectivity index (χ1v) is 12.0. The van der Waals surface area contributed by atoms with Crippen LogP contribution in [0, 0.1) is 17.8 Å². The lowest BCUT2D eigenvalue weighted by Gasteiger charge is -2.38. The van der Waals surface area contributed by atoms with Crippen LogP contribution in [0.4, 0.5) is 4.79 Å². The van der Waals surface area contributed by atoms with E-state index in [0.717, 1.165) is 37.9 Å². The van der Waals surface area contributed by atoms with Gasteiger partial charge in [-0.1, -0.05) is 25.5 Å². The molecule has 1 heterocycles. The molecule has 1 saturated heterocycles. The Balaban J connectivity index is 1.43. The highest BCUT2D eigenvalue weighted by molar-refractivity contribution is 7.90. The van der Waals surface area contributed by atoms with Crippen molar-refractivity contribution in [2.75, 3.05) is 19.4 Å². The molecule has 0 spiro atoms. The van der Waals surface area contributed by atoms with Crippen LogP contribution in [0.25, 0.3) is 0 Å². The molecule has 28 heavy (non-hydrogen) atoms. The van der Waals surface area contributed by atoms with E-state index in [2.05, 4.69) is 6.92 Å². The number of sulfone groups is 1. The molecule has 7 heteroatoms. The van der Waals surface area contributed by atoms with Crippen molar-refractivity contribution in [3.8, 4) is 0 Å². The second-order valence-corrected chi connectivity index (χ2v) is 10.3. The van der Waals surface area contributed by atoms with Gasteiger partial charge in [0.1, 0.15) is 0 Å². The SMILES string of the molecule is CCCC1CC([C@H]2C[C@H]2COCc2ccc(S(C)(=O)=O)cc2)CCN1C(=O)O. The number of nitrogens with zero attached hydrogens (tertiary/aromatic N) is 1. The Morgan fingerprint density at radius 3 is 2.57 bits per heavy atom. The van der Waals surface area contributed by atoms with Crippen molar-refractivity contribution < 1.29 is 23.1 Å². The van der Waals surface area contributed by atoms with Gasteiger partial charge in [0.2, 0.25) is 0 Å². The first-order valence-electron chi connectivity index (χ1n) is 10.2. The molecule has 6 nitrogen and oxygen atoms in total. The molecule has 1 amide bonds. The third-order valence-corrected chi connectivity index (χ3v) is 7.29. The molecule has 4 atom stereocenters. The first-order chi connectivity index (χ1) is 13.3. The van der Waals surface area contributed by atoms with E-state index in [1.165, 1.54) is 12.7 Å². The number of piperidine rings is 1. The second-order valence-electron chi connectivity index (χ2n) is 8.29. The van der Waals surface area contributed by atoms with Gasteiger partial charge >= 0.3 is 6.09 Å². The average molecular weight is 410 g/mol. The van der Waals surface area contributed by atoms with Gasteiger partial charge in [0.15, 0.2) is 9.84 Å². The molecule has 2 fully saturated rings. The molecular weight excluding hydrogens is 378 g/mol. The zero-order valence-electron chi connectivity index (χ0n) is 16.7. The van der Waals surface area contributed by atoms with E-state index in [0.29, 0.717) is 35.8 Å². The molecule has 3 rings (SSSR count). The number of hydrogen-bond donors (Lipinski definition) is 1. The smallest absolute Gasteiger partial charge is 0.407 e. The summed E-state index contributed by atoms with van der Waals surface area (Å²) in [6.07, 6.45) is 5.49. The second kappa shape index (κ2) is 8.82. The van der Waals surface area contributed by atoms with Gasteiger partial charge in [-0.15, -0.1) is 0 Å². The van der Waals surface area contributed by atoms with E-state index in [-0.39, 0.29) is 6.04 Å². The third kappa shape index (κ3) is 5.26. The van der Waals surface area contributed by atoms with Crippen LogP contribution in [0.15, 0.2) is 29.2 Å². The van der Waals surface area contributed by atoms with Crippen molar-refractivity contribution >= 4 is 15.9 Å². The van der Waals surface area contributed by atoms with Gasteiger partial charge in [-0.3, -0.25) is 0 Å². The Morgan fingerprint density at radius 2 is 1.96 bits per heavy atom. The number of hydrogen-bond acceptors (Lipinski definition) is 4. The summed E-state index contributed by atoms with van der Waals surface area (Å²) in [5, 5.41) is 9.39. The molecule has 1 aromatic carbocycles. The average Bonchev–Trinajstić information content (AvgIpc) is 3.41. The Hall–Kier alpha value is -1.60. The highest BCUT2D eigenvalue weighted by Gasteiger charge is 2.45. The quantitative estimate of drug-likeness (QED) is 0.706. The van der Waals surface area contributed by atoms with E-state index in [1.54, 1.807) is 29.2 Å². The molecule has 156 valence electrons. The topological polar surface area (TPSA) is 83.9 Å². The minimum Gasteiger partial charge on any atom is -0.465 e. The lowest BCUT2D eigenvalue weighted by atomic mass is 9.85. The van der Waals surface area contributed by atoms with Crippen LogP contribution < -0.4 is 0 Å². The normalized spacial score (nSPS) is 27.6. The Morgan fingerprint density at radius 1 is 1.25 bits per heavy atom. The summed E-state index contributed by atoms with van der Waals surface area (Å²) in [5.74, 6) is 1.83. The maximum absolute atomic E-state index is 11.5. The summed E-state index contributed by atoms with van der Waals surface area (Å²) in [4.78, 5) is 13.4. The summed E-state index contributed by atoms with van der Waals surface area (Å²) in [5.41, 5.74) is 0.974. The molecule has 0 aromatic heterocycles. The number of carbonyl (C=O) groups is 1. The highest BCUT2D eigenvalue weighted by atomic mass is 32.2. The van der Waals surface area contributed by atoms with Crippen molar-refractivity contribution in [1.82, 2.24) is 4.90 Å². The molecule has 2 unspecified atom stereocenters. The minimum absolute atomic E-state index is 0.164. The fourth-order valence-electron chi connectivity index (χ4n) is 4.53. The summed E-state index contributed by atoms with van der Waals surface area (Å²) >= 11 is 0. The van der Waals surface area contributed by atoms with Gasteiger partial charge in [-0.25, -0.2) is 13.2 Å². The van der Waals surface area contributed by atoms with E-state index in [4.69, 9.17) is 4.74 Å². The predicted octanol–water partition coefficient (Wildman–Crippen LogP) is 3.80. The van der Waals surface area contributed by atoms with Crippen molar-refractivity contribution in [3.05, 3.63) is 29.8 Å². The van der Waals surface area contributed by atoms with E-state index < -0.39 is 15.9 Å². The molecule has 1 aromatic rings. The number of amides is 1. The van der Waals surface area contributed by atoms with Crippen molar-refractivity contribution in [2.45, 2.75) is 56.6 Å². The van der Waals surface area contributed by atoms with Crippen molar-refractivity contribution in [3.63, 3.8) is 0 Å². The summed E-state index contributed by atoms with van der Waals surface area (Å²) in [6, 6.07) is 7.02. The van der Waals surface area contributed by atoms with Crippen LogP contribution in [-0.4, -0.2) is 50.0 Å². The largest absolute Gasteiger partial charge is 0.465 e. The van der Waals surface area contributed by atoms with Crippen molar-refractivity contribution in [1.29, 1.82) is 0 Å². The maximum atomic E-state index is 11.5. The van der Waals surface area contributed by atoms with E-state index >= 15 is 0 Å². The predicted molar refractivity (Wildman–Crippen MR) is 107 cm³/mol. The zero-order chi connectivity index (χ0) is 20.3. The summed E-state index contributed by atoms with van der Waals surface area (Å²) in [7, 11) is -3.16. The van der Waals surface area contributed by atoms with Crippen LogP contribution in [0.1, 0.15) is 44.6 Å². The standard InChI is InChI=1S/C21H31NO5S/c1-3-4-18-11-16(9-10-22(18)21(23)24)20-12-17(20)14-27-13-15-5-7-19(8-6-15)28(2,25)26/h5-8,16-18,20H,3-4,9-14H2,1-2H3,(H,23,24)/t16?,17-,18?,20+/m0/s1. The van der Waals surface area contributed by atoms with Gasteiger partial charge < -0.3 is 14.7 Å². The zero-order valence-corrected chi connectivity index (χ0v) is 17.5. The molecule has 0 radical (unpaired) electrons. The van der Waals surface area contributed by atoms with E-state index in [9.17, 15) is 18.3 Å². The number of rotatable bonds is 8. The number of likely N-dealkylation sites (tertiary alicyclic amines) is 1. The van der Waals surface area contributed by atoms with Gasteiger partial charge in [0.25, 0.3) is 0 Å². The number of carboxylic acid groups (broad SMARTS) is 1. The van der Waals surface area contributed by atoms with E-state index in [1.807, 2.05) is 0 Å². The minimum atomic E-state index is -3.16. The lowest BCUT2D eigenvalue weighted by Crippen LogP contribution is -2.46. The first kappa shape index (κ1) is 21.1. The van der Waals surface area contributed by atoms with Gasteiger partial charge in [-0.2, -0.15) is 0 Å². The molecule has 1 saturated carbocycles. The monoisotopic (exact) mass is 409 g/mol. The van der Waals surface area contributed by atoms with Gasteiger partial charge in [0, 0.05) is 18.8 Å². The Kier molecular flexibility index (Phi) is 6.65. The maximum Gasteiger partial charge on any atom is 0.407 e. The van der Waals surface area contributed by atoms with Crippen molar-refractivity contribution in [2.24, 2.45) is 17.8 Å². The van der Waals surface area contributed by atoms with Crippen LogP contribution in [0.2, 0.25) is 0 Å². The summed E-state index contributed by atoms with van der Waals surface area (Å²) in [6.45, 7) is 3.97. The molecule has 1 N–H and O–H groups in total. The van der Waals surface area contributed by atoms with Crippen LogP contribution in [0.3, 0.4) is 0 Å². The molecule has 1 aliphatic carbocycles. The number of ether oxygens (including phenoxy) is 1. The molecule has 0 bridgehead atoms. The fraction of sp³-hybridized carbons (Fsp3) is 0.667. The molecular formula is C21H31NO5S. The highest BCUT2D eigenvalue weighted by Crippen LogP contribution is 2.49. The lowest BCUT2D eigenvalue weighted by molar-refractivity contribution is 0.0729. The van der Waals surface area contributed by atoms with Gasteiger partial charge in [-0.05, 0) is 61.1 Å². The fourth-order valence-corrected chi connectivity index (χ4v) is 5.16.